The third kappa shape index (κ3) is 2.61. The van der Waals surface area contributed by atoms with Crippen molar-refractivity contribution in [3.05, 3.63) is 17.5 Å². The highest BCUT2D eigenvalue weighted by atomic mass is 19.4. The van der Waals surface area contributed by atoms with Crippen LogP contribution < -0.4 is 0 Å². The van der Waals surface area contributed by atoms with Crippen LogP contribution in [0.15, 0.2) is 6.20 Å². The molecule has 9 heteroatoms. The first-order valence-corrected chi connectivity index (χ1v) is 5.49. The van der Waals surface area contributed by atoms with Crippen molar-refractivity contribution in [1.29, 1.82) is 0 Å². The Morgan fingerprint density at radius 3 is 2.74 bits per heavy atom. The minimum atomic E-state index is -5.19. The highest BCUT2D eigenvalue weighted by Gasteiger charge is 2.60. The third-order valence-corrected chi connectivity index (χ3v) is 2.88. The van der Waals surface area contributed by atoms with Crippen LogP contribution in [0.4, 0.5) is 17.7 Å². The average molecular weight is 282 g/mol. The summed E-state index contributed by atoms with van der Waals surface area (Å²) >= 11 is 0. The molecule has 1 amide bonds. The first kappa shape index (κ1) is 13.9. The minimum absolute atomic E-state index is 0.177. The SMILES string of the molecule is COCCn1cc2c(n1)C[N+](F)(C(=O)C(F)(F)F)C2. The van der Waals surface area contributed by atoms with E-state index in [-0.39, 0.29) is 5.69 Å². The molecule has 5 nitrogen and oxygen atoms in total. The first-order chi connectivity index (χ1) is 8.76. The molecule has 0 spiro atoms. The van der Waals surface area contributed by atoms with Gasteiger partial charge in [-0.15, -0.1) is 0 Å². The summed E-state index contributed by atoms with van der Waals surface area (Å²) in [4.78, 5) is 11.0. The Kier molecular flexibility index (Phi) is 3.35. The number of hydrogen-bond acceptors (Lipinski definition) is 3. The Morgan fingerprint density at radius 2 is 2.21 bits per heavy atom. The summed E-state index contributed by atoms with van der Waals surface area (Å²) in [6, 6.07) is 0. The summed E-state index contributed by atoms with van der Waals surface area (Å²) in [7, 11) is 1.50. The van der Waals surface area contributed by atoms with Crippen LogP contribution in [0, 0.1) is 0 Å². The fourth-order valence-electron chi connectivity index (χ4n) is 2.00. The largest absolute Gasteiger partial charge is 0.513 e. The summed E-state index contributed by atoms with van der Waals surface area (Å²) in [5.74, 6) is -2.39. The predicted octanol–water partition coefficient (Wildman–Crippen LogP) is 1.33. The number of amides is 1. The number of ether oxygens (including phenoxy) is 1. The van der Waals surface area contributed by atoms with Gasteiger partial charge in [-0.3, -0.25) is 4.68 Å². The topological polar surface area (TPSA) is 44.1 Å². The van der Waals surface area contributed by atoms with Gasteiger partial charge in [0.2, 0.25) is 0 Å². The third-order valence-electron chi connectivity index (χ3n) is 2.88. The number of carbonyl (C=O) groups is 1. The highest BCUT2D eigenvalue weighted by molar-refractivity contribution is 5.75. The van der Waals surface area contributed by atoms with Gasteiger partial charge in [-0.25, -0.2) is 4.79 Å². The Bertz CT molecular complexity index is 474. The number of carbonyl (C=O) groups excluding carboxylic acids is 1. The zero-order valence-corrected chi connectivity index (χ0v) is 10.1. The molecular formula is C10H12F4N3O2+. The molecule has 1 aliphatic rings. The smallest absolute Gasteiger partial charge is 0.383 e. The number of methoxy groups -OCH3 is 1. The standard InChI is InChI=1S/C10H12F4N3O2/c1-19-3-2-16-4-7-5-17(14,6-8(7)15-16)9(18)10(11,12)13/h4H,2-3,5-6H2,1H3/q+1. The maximum absolute atomic E-state index is 14.0. The van der Waals surface area contributed by atoms with Crippen LogP contribution >= 0.6 is 0 Å². The Morgan fingerprint density at radius 1 is 1.53 bits per heavy atom. The molecule has 0 bridgehead atoms. The average Bonchev–Trinajstić information content (AvgIpc) is 2.79. The van der Waals surface area contributed by atoms with Gasteiger partial charge in [-0.05, 0) is 0 Å². The summed E-state index contributed by atoms with van der Waals surface area (Å²) < 4.78 is 54.9. The van der Waals surface area contributed by atoms with Crippen molar-refractivity contribution < 1.29 is 31.9 Å². The van der Waals surface area contributed by atoms with E-state index in [4.69, 9.17) is 4.74 Å². The van der Waals surface area contributed by atoms with E-state index in [0.717, 1.165) is 0 Å². The second-order valence-electron chi connectivity index (χ2n) is 4.34. The van der Waals surface area contributed by atoms with E-state index in [1.807, 2.05) is 0 Å². The van der Waals surface area contributed by atoms with Crippen molar-refractivity contribution in [3.63, 3.8) is 0 Å². The van der Waals surface area contributed by atoms with Crippen molar-refractivity contribution in [2.45, 2.75) is 25.8 Å². The van der Waals surface area contributed by atoms with Gasteiger partial charge in [-0.1, -0.05) is 4.71 Å². The molecule has 19 heavy (non-hydrogen) atoms. The number of alkyl halides is 3. The molecule has 106 valence electrons. The first-order valence-electron chi connectivity index (χ1n) is 5.49. The van der Waals surface area contributed by atoms with Crippen molar-refractivity contribution in [2.75, 3.05) is 13.7 Å². The molecule has 0 saturated carbocycles. The van der Waals surface area contributed by atoms with Gasteiger partial charge in [-0.2, -0.15) is 18.3 Å². The molecule has 0 fully saturated rings. The van der Waals surface area contributed by atoms with Crippen LogP contribution in [-0.2, 0) is 29.2 Å². The van der Waals surface area contributed by atoms with Gasteiger partial charge in [0, 0.05) is 17.8 Å². The van der Waals surface area contributed by atoms with Crippen LogP contribution in [0.3, 0.4) is 0 Å². The molecule has 0 aromatic carbocycles. The van der Waals surface area contributed by atoms with E-state index in [1.165, 1.54) is 18.0 Å². The minimum Gasteiger partial charge on any atom is -0.383 e. The van der Waals surface area contributed by atoms with Crippen molar-refractivity contribution >= 4 is 5.91 Å². The number of nitrogens with zero attached hydrogens (tertiary/aromatic N) is 3. The number of hydrogen-bond donors (Lipinski definition) is 0. The number of halogens is 4. The number of fused-ring (bicyclic) bond motifs is 1. The summed E-state index contributed by atoms with van der Waals surface area (Å²) in [5.41, 5.74) is 0.493. The highest BCUT2D eigenvalue weighted by Crippen LogP contribution is 2.35. The van der Waals surface area contributed by atoms with E-state index in [1.54, 1.807) is 0 Å². The van der Waals surface area contributed by atoms with Gasteiger partial charge in [0.1, 0.15) is 5.69 Å². The number of quaternary nitrogens is 1. The molecule has 1 aromatic rings. The fourth-order valence-corrected chi connectivity index (χ4v) is 2.00. The van der Waals surface area contributed by atoms with Gasteiger partial charge in [0.15, 0.2) is 13.1 Å². The maximum Gasteiger partial charge on any atom is 0.513 e. The van der Waals surface area contributed by atoms with Crippen molar-refractivity contribution in [2.24, 2.45) is 0 Å². The van der Waals surface area contributed by atoms with Gasteiger partial charge < -0.3 is 4.74 Å². The lowest BCUT2D eigenvalue weighted by Gasteiger charge is -2.18. The number of aromatic nitrogens is 2. The van der Waals surface area contributed by atoms with Crippen molar-refractivity contribution in [3.8, 4) is 0 Å². The van der Waals surface area contributed by atoms with Gasteiger partial charge in [0.25, 0.3) is 0 Å². The van der Waals surface area contributed by atoms with Crippen LogP contribution in [0.2, 0.25) is 0 Å². The molecule has 1 aliphatic heterocycles. The molecular weight excluding hydrogens is 270 g/mol. The van der Waals surface area contributed by atoms with Crippen molar-refractivity contribution in [1.82, 2.24) is 9.78 Å². The lowest BCUT2D eigenvalue weighted by Crippen LogP contribution is -2.48. The fraction of sp³-hybridized carbons (Fsp3) is 0.600. The van der Waals surface area contributed by atoms with Crippen LogP contribution in [0.25, 0.3) is 0 Å². The van der Waals surface area contributed by atoms with Gasteiger partial charge in [0.05, 0.1) is 18.7 Å². The summed E-state index contributed by atoms with van der Waals surface area (Å²) in [5, 5.41) is 3.95. The monoisotopic (exact) mass is 282 g/mol. The Labute approximate surface area is 105 Å². The van der Waals surface area contributed by atoms with Gasteiger partial charge >= 0.3 is 12.1 Å². The Balaban J connectivity index is 2.12. The lowest BCUT2D eigenvalue weighted by molar-refractivity contribution is -1.01. The second kappa shape index (κ2) is 4.57. The molecule has 2 heterocycles. The van der Waals surface area contributed by atoms with Crippen LogP contribution in [-0.4, -0.2) is 40.3 Å². The van der Waals surface area contributed by atoms with E-state index < -0.39 is 29.9 Å². The molecule has 0 aliphatic carbocycles. The number of rotatable bonds is 3. The maximum atomic E-state index is 14.0. The van der Waals surface area contributed by atoms with E-state index in [0.29, 0.717) is 18.7 Å². The van der Waals surface area contributed by atoms with Crippen LogP contribution in [0.5, 0.6) is 0 Å². The molecule has 0 radical (unpaired) electrons. The van der Waals surface area contributed by atoms with E-state index in [2.05, 4.69) is 5.10 Å². The van der Waals surface area contributed by atoms with Crippen LogP contribution in [0.1, 0.15) is 11.3 Å². The molecule has 0 saturated heterocycles. The molecule has 1 aromatic heterocycles. The normalized spacial score (nSPS) is 22.6. The van der Waals surface area contributed by atoms with E-state index >= 15 is 0 Å². The molecule has 0 N–H and O–H groups in total. The molecule has 1 unspecified atom stereocenters. The van der Waals surface area contributed by atoms with E-state index in [9.17, 15) is 22.4 Å². The molecule has 1 atom stereocenters. The predicted molar refractivity (Wildman–Crippen MR) is 53.9 cm³/mol. The zero-order chi connectivity index (χ0) is 14.3. The summed E-state index contributed by atoms with van der Waals surface area (Å²) in [6.45, 7) is -0.519. The zero-order valence-electron chi connectivity index (χ0n) is 10.1. The Hall–Kier alpha value is -1.48. The second-order valence-corrected chi connectivity index (χ2v) is 4.34. The lowest BCUT2D eigenvalue weighted by atomic mass is 10.3. The quantitative estimate of drug-likeness (QED) is 0.620. The summed E-state index contributed by atoms with van der Waals surface area (Å²) in [6.07, 6.45) is -3.75. The molecule has 2 rings (SSSR count).